The lowest BCUT2D eigenvalue weighted by molar-refractivity contribution is -0.383. The summed E-state index contributed by atoms with van der Waals surface area (Å²) in [5.41, 5.74) is -0.0382. The van der Waals surface area contributed by atoms with Gasteiger partial charge in [-0.05, 0) is 6.92 Å². The highest BCUT2D eigenvalue weighted by molar-refractivity contribution is 7.88. The molecule has 2 rings (SSSR count). The first-order valence-corrected chi connectivity index (χ1v) is 9.03. The summed E-state index contributed by atoms with van der Waals surface area (Å²) in [5.74, 6) is 0. The van der Waals surface area contributed by atoms with Gasteiger partial charge in [0.15, 0.2) is 5.00 Å². The Balaban J connectivity index is 2.22. The van der Waals surface area contributed by atoms with E-state index in [1.165, 1.54) is 21.7 Å². The number of anilines is 1. The Bertz CT molecular complexity index is 632. The molecule has 1 unspecified atom stereocenters. The second kappa shape index (κ2) is 5.87. The van der Waals surface area contributed by atoms with Crippen molar-refractivity contribution >= 4 is 32.0 Å². The fourth-order valence-corrected chi connectivity index (χ4v) is 4.12. The molecule has 2 heterocycles. The molecule has 1 saturated heterocycles. The molecular weight excluding hydrogens is 318 g/mol. The number of thiophene rings is 1. The Kier molecular flexibility index (Phi) is 4.51. The number of aliphatic hydroxyl groups is 1. The van der Waals surface area contributed by atoms with Gasteiger partial charge in [0.25, 0.3) is 0 Å². The van der Waals surface area contributed by atoms with Gasteiger partial charge in [-0.25, -0.2) is 8.42 Å². The molecule has 1 aromatic rings. The van der Waals surface area contributed by atoms with Crippen LogP contribution in [0.5, 0.6) is 0 Å². The summed E-state index contributed by atoms with van der Waals surface area (Å²) in [6.45, 7) is 2.96. The lowest BCUT2D eigenvalue weighted by Gasteiger charge is -2.33. The number of piperazine rings is 1. The molecule has 0 aliphatic carbocycles. The zero-order chi connectivity index (χ0) is 15.8. The van der Waals surface area contributed by atoms with Gasteiger partial charge < -0.3 is 10.0 Å². The van der Waals surface area contributed by atoms with Crippen LogP contribution in [0.2, 0.25) is 0 Å². The number of nitrogens with zero attached hydrogens (tertiary/aromatic N) is 3. The zero-order valence-corrected chi connectivity index (χ0v) is 13.4. The van der Waals surface area contributed by atoms with Crippen molar-refractivity contribution < 1.29 is 18.4 Å². The number of aliphatic hydroxyl groups excluding tert-OH is 1. The predicted octanol–water partition coefficient (Wildman–Crippen LogP) is 0.791. The molecule has 1 N–H and O–H groups in total. The fraction of sp³-hybridized carbons (Fsp3) is 0.636. The molecule has 1 aliphatic heterocycles. The van der Waals surface area contributed by atoms with E-state index in [9.17, 15) is 23.6 Å². The van der Waals surface area contributed by atoms with Crippen LogP contribution in [0.15, 0.2) is 6.07 Å². The van der Waals surface area contributed by atoms with E-state index in [1.54, 1.807) is 11.8 Å². The van der Waals surface area contributed by atoms with E-state index in [0.29, 0.717) is 36.1 Å². The third-order valence-electron chi connectivity index (χ3n) is 3.32. The highest BCUT2D eigenvalue weighted by Gasteiger charge is 2.30. The predicted molar refractivity (Wildman–Crippen MR) is 80.2 cm³/mol. The van der Waals surface area contributed by atoms with E-state index in [2.05, 4.69) is 0 Å². The van der Waals surface area contributed by atoms with E-state index < -0.39 is 21.1 Å². The van der Waals surface area contributed by atoms with Crippen LogP contribution in [0, 0.1) is 10.1 Å². The van der Waals surface area contributed by atoms with Crippen LogP contribution in [-0.2, 0) is 10.0 Å². The minimum atomic E-state index is -3.23. The van der Waals surface area contributed by atoms with E-state index in [1.807, 2.05) is 0 Å². The number of hydrogen-bond acceptors (Lipinski definition) is 7. The standard InChI is InChI=1S/C11H17N3O5S2/c1-8(15)10-7-9(14(16)17)11(20-10)12-3-5-13(6-4-12)21(2,18)19/h7-8,15H,3-6H2,1-2H3. The molecule has 21 heavy (non-hydrogen) atoms. The van der Waals surface area contributed by atoms with Gasteiger partial charge in [0.1, 0.15) is 0 Å². The van der Waals surface area contributed by atoms with Crippen molar-refractivity contribution in [3.8, 4) is 0 Å². The first-order chi connectivity index (χ1) is 9.70. The fourth-order valence-electron chi connectivity index (χ4n) is 2.18. The molecule has 1 aromatic heterocycles. The van der Waals surface area contributed by atoms with Gasteiger partial charge >= 0.3 is 5.69 Å². The van der Waals surface area contributed by atoms with E-state index in [4.69, 9.17) is 0 Å². The topological polar surface area (TPSA) is 104 Å². The molecule has 1 aliphatic rings. The summed E-state index contributed by atoms with van der Waals surface area (Å²) in [7, 11) is -3.23. The van der Waals surface area contributed by atoms with Crippen molar-refractivity contribution in [1.29, 1.82) is 0 Å². The van der Waals surface area contributed by atoms with Crippen molar-refractivity contribution in [2.24, 2.45) is 0 Å². The van der Waals surface area contributed by atoms with Gasteiger partial charge in [-0.2, -0.15) is 4.31 Å². The van der Waals surface area contributed by atoms with E-state index in [0.717, 1.165) is 6.26 Å². The second-order valence-electron chi connectivity index (χ2n) is 4.92. The van der Waals surface area contributed by atoms with Crippen LogP contribution in [0.1, 0.15) is 17.9 Å². The van der Waals surface area contributed by atoms with Gasteiger partial charge in [-0.1, -0.05) is 0 Å². The number of nitro groups is 1. The second-order valence-corrected chi connectivity index (χ2v) is 7.97. The maximum Gasteiger partial charge on any atom is 0.304 e. The van der Waals surface area contributed by atoms with Crippen LogP contribution >= 0.6 is 11.3 Å². The first kappa shape index (κ1) is 16.1. The average Bonchev–Trinajstić information content (AvgIpc) is 2.83. The van der Waals surface area contributed by atoms with E-state index in [-0.39, 0.29) is 5.69 Å². The third-order valence-corrected chi connectivity index (χ3v) is 5.97. The minimum absolute atomic E-state index is 0.0382. The molecule has 1 fully saturated rings. The zero-order valence-electron chi connectivity index (χ0n) is 11.7. The van der Waals surface area contributed by atoms with Gasteiger partial charge in [0.05, 0.1) is 17.3 Å². The van der Waals surface area contributed by atoms with Crippen molar-refractivity contribution in [2.75, 3.05) is 37.3 Å². The molecule has 0 radical (unpaired) electrons. The van der Waals surface area contributed by atoms with Crippen molar-refractivity contribution in [3.63, 3.8) is 0 Å². The molecule has 0 saturated carbocycles. The Morgan fingerprint density at radius 2 is 1.95 bits per heavy atom. The summed E-state index contributed by atoms with van der Waals surface area (Å²) in [4.78, 5) is 13.0. The van der Waals surface area contributed by atoms with Crippen LogP contribution in [0.4, 0.5) is 10.7 Å². The Morgan fingerprint density at radius 1 is 1.38 bits per heavy atom. The SMILES string of the molecule is CC(O)c1cc([N+](=O)[O-])c(N2CCN(S(C)(=O)=O)CC2)s1. The summed E-state index contributed by atoms with van der Waals surface area (Å²) in [5, 5.41) is 21.2. The Morgan fingerprint density at radius 3 is 2.38 bits per heavy atom. The molecule has 8 nitrogen and oxygen atoms in total. The maximum absolute atomic E-state index is 11.5. The quantitative estimate of drug-likeness (QED) is 0.644. The minimum Gasteiger partial charge on any atom is -0.388 e. The summed E-state index contributed by atoms with van der Waals surface area (Å²) >= 11 is 1.18. The van der Waals surface area contributed by atoms with Crippen LogP contribution in [-0.4, -0.2) is 55.2 Å². The smallest absolute Gasteiger partial charge is 0.304 e. The van der Waals surface area contributed by atoms with Crippen molar-refractivity contribution in [3.05, 3.63) is 21.1 Å². The molecule has 1 atom stereocenters. The van der Waals surface area contributed by atoms with Crippen LogP contribution < -0.4 is 4.90 Å². The highest BCUT2D eigenvalue weighted by Crippen LogP contribution is 2.40. The lowest BCUT2D eigenvalue weighted by atomic mass is 10.3. The molecule has 118 valence electrons. The van der Waals surface area contributed by atoms with Gasteiger partial charge in [-0.15, -0.1) is 11.3 Å². The molecular formula is C11H17N3O5S2. The largest absolute Gasteiger partial charge is 0.388 e. The Labute approximate surface area is 126 Å². The van der Waals surface area contributed by atoms with Crippen molar-refractivity contribution in [2.45, 2.75) is 13.0 Å². The molecule has 0 bridgehead atoms. The molecule has 0 amide bonds. The highest BCUT2D eigenvalue weighted by atomic mass is 32.2. The van der Waals surface area contributed by atoms with E-state index >= 15 is 0 Å². The molecule has 0 aromatic carbocycles. The average molecular weight is 335 g/mol. The normalized spacial score (nSPS) is 18.7. The van der Waals surface area contributed by atoms with Gasteiger partial charge in [0, 0.05) is 37.1 Å². The maximum atomic E-state index is 11.5. The Hall–Kier alpha value is -1.23. The number of sulfonamides is 1. The number of rotatable bonds is 4. The summed E-state index contributed by atoms with van der Waals surface area (Å²) < 4.78 is 24.3. The first-order valence-electron chi connectivity index (χ1n) is 6.36. The monoisotopic (exact) mass is 335 g/mol. The van der Waals surface area contributed by atoms with Gasteiger partial charge in [0.2, 0.25) is 10.0 Å². The van der Waals surface area contributed by atoms with Gasteiger partial charge in [-0.3, -0.25) is 10.1 Å². The molecule has 0 spiro atoms. The van der Waals surface area contributed by atoms with Crippen LogP contribution in [0.3, 0.4) is 0 Å². The third kappa shape index (κ3) is 3.51. The summed E-state index contributed by atoms with van der Waals surface area (Å²) in [6.07, 6.45) is 0.390. The summed E-state index contributed by atoms with van der Waals surface area (Å²) in [6, 6.07) is 1.38. The number of hydrogen-bond donors (Lipinski definition) is 1. The molecule has 10 heteroatoms. The lowest BCUT2D eigenvalue weighted by Crippen LogP contribution is -2.48. The van der Waals surface area contributed by atoms with Crippen LogP contribution in [0.25, 0.3) is 0 Å². The van der Waals surface area contributed by atoms with Crippen molar-refractivity contribution in [1.82, 2.24) is 4.31 Å².